The zero-order chi connectivity index (χ0) is 19.4. The number of carbonyl (C=O) groups is 1. The predicted octanol–water partition coefficient (Wildman–Crippen LogP) is 4.57. The van der Waals surface area contributed by atoms with Crippen LogP contribution >= 0.6 is 39.7 Å². The lowest BCUT2D eigenvalue weighted by Crippen LogP contribution is -2.25. The van der Waals surface area contributed by atoms with Crippen molar-refractivity contribution >= 4 is 56.6 Å². The van der Waals surface area contributed by atoms with Crippen LogP contribution in [-0.4, -0.2) is 15.5 Å². The Bertz CT molecular complexity index is 1090. The van der Waals surface area contributed by atoms with Gasteiger partial charge in [-0.1, -0.05) is 39.7 Å². The van der Waals surface area contributed by atoms with E-state index in [0.717, 1.165) is 10.0 Å². The maximum absolute atomic E-state index is 12.7. The molecule has 0 aliphatic heterocycles. The van der Waals surface area contributed by atoms with Gasteiger partial charge in [-0.05, 0) is 54.5 Å². The van der Waals surface area contributed by atoms with Crippen LogP contribution in [0.15, 0.2) is 51.7 Å². The lowest BCUT2D eigenvalue weighted by atomic mass is 10.2. The fraction of sp³-hybridized carbons (Fsp3) is 0.211. The molecule has 0 atom stereocenters. The van der Waals surface area contributed by atoms with Crippen LogP contribution in [0, 0.1) is 4.77 Å². The van der Waals surface area contributed by atoms with E-state index in [0.29, 0.717) is 46.6 Å². The van der Waals surface area contributed by atoms with Gasteiger partial charge < -0.3 is 10.3 Å². The first kappa shape index (κ1) is 19.8. The van der Waals surface area contributed by atoms with Crippen molar-refractivity contribution in [1.29, 1.82) is 0 Å². The standard InChI is InChI=1S/C19H17BrClN3O2S/c20-13-5-8-16-15(10-13)18(26)24(19(27)23-16)9-1-2-17(25)22-11-12-3-6-14(21)7-4-12/h3-8,10H,1-2,9,11H2,(H,22,25)(H,23,27). The van der Waals surface area contributed by atoms with Crippen LogP contribution in [0.5, 0.6) is 0 Å². The van der Waals surface area contributed by atoms with Gasteiger partial charge in [0, 0.05) is 29.0 Å². The summed E-state index contributed by atoms with van der Waals surface area (Å²) in [5, 5.41) is 4.08. The zero-order valence-corrected chi connectivity index (χ0v) is 17.5. The van der Waals surface area contributed by atoms with Crippen molar-refractivity contribution < 1.29 is 4.79 Å². The van der Waals surface area contributed by atoms with E-state index < -0.39 is 0 Å². The van der Waals surface area contributed by atoms with Crippen LogP contribution in [0.1, 0.15) is 18.4 Å². The maximum atomic E-state index is 12.7. The van der Waals surface area contributed by atoms with Crippen molar-refractivity contribution in [3.05, 3.63) is 72.6 Å². The lowest BCUT2D eigenvalue weighted by molar-refractivity contribution is -0.121. The summed E-state index contributed by atoms with van der Waals surface area (Å²) in [4.78, 5) is 27.8. The highest BCUT2D eigenvalue weighted by Gasteiger charge is 2.08. The number of benzene rings is 2. The molecule has 8 heteroatoms. The molecule has 3 aromatic rings. The Hall–Kier alpha value is -1.96. The van der Waals surface area contributed by atoms with E-state index >= 15 is 0 Å². The Labute approximate surface area is 174 Å². The number of aromatic nitrogens is 2. The molecule has 0 unspecified atom stereocenters. The molecule has 3 rings (SSSR count). The summed E-state index contributed by atoms with van der Waals surface area (Å²) >= 11 is 14.5. The summed E-state index contributed by atoms with van der Waals surface area (Å²) in [5.41, 5.74) is 1.52. The van der Waals surface area contributed by atoms with Gasteiger partial charge in [0.2, 0.25) is 5.91 Å². The van der Waals surface area contributed by atoms with Crippen LogP contribution in [0.4, 0.5) is 0 Å². The van der Waals surface area contributed by atoms with Crippen molar-refractivity contribution in [3.63, 3.8) is 0 Å². The van der Waals surface area contributed by atoms with Gasteiger partial charge in [-0.2, -0.15) is 0 Å². The molecular formula is C19H17BrClN3O2S. The average Bonchev–Trinajstić information content (AvgIpc) is 2.64. The highest BCUT2D eigenvalue weighted by molar-refractivity contribution is 9.10. The molecule has 0 aliphatic carbocycles. The van der Waals surface area contributed by atoms with Crippen LogP contribution < -0.4 is 10.9 Å². The second kappa shape index (κ2) is 8.82. The first-order valence-electron chi connectivity index (χ1n) is 8.37. The van der Waals surface area contributed by atoms with Crippen LogP contribution in [0.2, 0.25) is 5.02 Å². The third kappa shape index (κ3) is 5.06. The van der Waals surface area contributed by atoms with Crippen molar-refractivity contribution in [2.24, 2.45) is 0 Å². The van der Waals surface area contributed by atoms with E-state index in [1.54, 1.807) is 18.2 Å². The van der Waals surface area contributed by atoms with E-state index in [1.165, 1.54) is 4.57 Å². The largest absolute Gasteiger partial charge is 0.352 e. The lowest BCUT2D eigenvalue weighted by Gasteiger charge is -2.09. The van der Waals surface area contributed by atoms with Gasteiger partial charge in [0.15, 0.2) is 4.77 Å². The van der Waals surface area contributed by atoms with Gasteiger partial charge >= 0.3 is 0 Å². The SMILES string of the molecule is O=C(CCCn1c(=S)[nH]c2ccc(Br)cc2c1=O)NCc1ccc(Cl)cc1. The van der Waals surface area contributed by atoms with Gasteiger partial charge in [0.25, 0.3) is 5.56 Å². The third-order valence-electron chi connectivity index (χ3n) is 4.13. The minimum absolute atomic E-state index is 0.0727. The quantitative estimate of drug-likeness (QED) is 0.523. The van der Waals surface area contributed by atoms with Gasteiger partial charge in [-0.25, -0.2) is 0 Å². The summed E-state index contributed by atoms with van der Waals surface area (Å²) in [5.74, 6) is -0.0727. The normalized spacial score (nSPS) is 10.9. The van der Waals surface area contributed by atoms with Gasteiger partial charge in [0.1, 0.15) is 0 Å². The molecule has 5 nitrogen and oxygen atoms in total. The zero-order valence-electron chi connectivity index (χ0n) is 14.3. The molecule has 0 spiro atoms. The highest BCUT2D eigenvalue weighted by Crippen LogP contribution is 2.15. The number of carbonyl (C=O) groups excluding carboxylic acids is 1. The van der Waals surface area contributed by atoms with E-state index in [9.17, 15) is 9.59 Å². The minimum atomic E-state index is -0.156. The number of amides is 1. The van der Waals surface area contributed by atoms with E-state index in [1.807, 2.05) is 24.3 Å². The minimum Gasteiger partial charge on any atom is -0.352 e. The Morgan fingerprint density at radius 3 is 2.70 bits per heavy atom. The Morgan fingerprint density at radius 2 is 1.96 bits per heavy atom. The van der Waals surface area contributed by atoms with Gasteiger partial charge in [-0.3, -0.25) is 14.2 Å². The molecule has 0 saturated heterocycles. The molecule has 1 aromatic heterocycles. The van der Waals surface area contributed by atoms with Crippen molar-refractivity contribution in [2.75, 3.05) is 0 Å². The Kier molecular flexibility index (Phi) is 6.46. The van der Waals surface area contributed by atoms with Crippen LogP contribution in [-0.2, 0) is 17.9 Å². The van der Waals surface area contributed by atoms with E-state index in [4.69, 9.17) is 23.8 Å². The molecule has 2 aromatic carbocycles. The van der Waals surface area contributed by atoms with Crippen molar-refractivity contribution in [1.82, 2.24) is 14.9 Å². The number of nitrogens with zero attached hydrogens (tertiary/aromatic N) is 1. The highest BCUT2D eigenvalue weighted by atomic mass is 79.9. The van der Waals surface area contributed by atoms with E-state index in [-0.39, 0.29) is 11.5 Å². The number of hydrogen-bond acceptors (Lipinski definition) is 3. The average molecular weight is 467 g/mol. The maximum Gasteiger partial charge on any atom is 0.262 e. The summed E-state index contributed by atoms with van der Waals surface area (Å²) in [6, 6.07) is 12.7. The van der Waals surface area contributed by atoms with Crippen molar-refractivity contribution in [3.8, 4) is 0 Å². The molecule has 0 saturated carbocycles. The van der Waals surface area contributed by atoms with E-state index in [2.05, 4.69) is 26.2 Å². The molecule has 0 radical (unpaired) electrons. The number of aromatic amines is 1. The van der Waals surface area contributed by atoms with Crippen LogP contribution in [0.25, 0.3) is 10.9 Å². The summed E-state index contributed by atoms with van der Waals surface area (Å²) in [6.07, 6.45) is 0.828. The predicted molar refractivity (Wildman–Crippen MR) is 114 cm³/mol. The molecule has 2 N–H and O–H groups in total. The van der Waals surface area contributed by atoms with Crippen LogP contribution in [0.3, 0.4) is 0 Å². The third-order valence-corrected chi connectivity index (χ3v) is 5.20. The molecule has 1 amide bonds. The Balaban J connectivity index is 1.60. The molecule has 140 valence electrons. The molecule has 0 aliphatic rings. The second-order valence-corrected chi connectivity index (χ2v) is 7.82. The first-order chi connectivity index (χ1) is 12.9. The monoisotopic (exact) mass is 465 g/mol. The van der Waals surface area contributed by atoms with Gasteiger partial charge in [0.05, 0.1) is 10.9 Å². The molecular weight excluding hydrogens is 450 g/mol. The van der Waals surface area contributed by atoms with Gasteiger partial charge in [-0.15, -0.1) is 0 Å². The molecule has 1 heterocycles. The fourth-order valence-corrected chi connectivity index (χ4v) is 3.49. The summed E-state index contributed by atoms with van der Waals surface area (Å²) in [7, 11) is 0. The number of halogens is 2. The smallest absolute Gasteiger partial charge is 0.262 e. The number of H-pyrrole nitrogens is 1. The summed E-state index contributed by atoms with van der Waals surface area (Å²) in [6.45, 7) is 0.824. The Morgan fingerprint density at radius 1 is 1.22 bits per heavy atom. The molecule has 0 bridgehead atoms. The number of rotatable bonds is 6. The van der Waals surface area contributed by atoms with Crippen molar-refractivity contribution in [2.45, 2.75) is 25.9 Å². The fourth-order valence-electron chi connectivity index (χ4n) is 2.71. The molecule has 27 heavy (non-hydrogen) atoms. The second-order valence-electron chi connectivity index (χ2n) is 6.08. The topological polar surface area (TPSA) is 66.9 Å². The number of nitrogens with one attached hydrogen (secondary N) is 2. The number of fused-ring (bicyclic) bond motifs is 1. The summed E-state index contributed by atoms with van der Waals surface area (Å²) < 4.78 is 2.68. The molecule has 0 fully saturated rings. The number of hydrogen-bond donors (Lipinski definition) is 2. The first-order valence-corrected chi connectivity index (χ1v) is 9.95.